The summed E-state index contributed by atoms with van der Waals surface area (Å²) in [5.41, 5.74) is 4.61. The van der Waals surface area contributed by atoms with Gasteiger partial charge < -0.3 is 30.5 Å². The van der Waals surface area contributed by atoms with Crippen LogP contribution in [-0.4, -0.2) is 64.2 Å². The van der Waals surface area contributed by atoms with E-state index in [9.17, 15) is 29.2 Å². The highest BCUT2D eigenvalue weighted by Gasteiger charge is 2.51. The second-order valence-corrected chi connectivity index (χ2v) is 7.81. The van der Waals surface area contributed by atoms with E-state index < -0.39 is 43.2 Å². The molecule has 1 aliphatic rings. The van der Waals surface area contributed by atoms with E-state index in [1.54, 1.807) is 0 Å². The summed E-state index contributed by atoms with van der Waals surface area (Å²) in [7, 11) is 0. The number of rotatable bonds is 4. The number of ether oxygens (including phenoxy) is 1. The predicted molar refractivity (Wildman–Crippen MR) is 83.2 cm³/mol. The zero-order valence-corrected chi connectivity index (χ0v) is 13.8. The topological polar surface area (TPSA) is 189 Å². The molecule has 3 heterocycles. The van der Waals surface area contributed by atoms with Gasteiger partial charge in [-0.15, -0.1) is 0 Å². The molecule has 1 saturated heterocycles. The third-order valence-electron chi connectivity index (χ3n) is 3.50. The number of hydrogen-bond donors (Lipinski definition) is 6. The van der Waals surface area contributed by atoms with E-state index in [4.69, 9.17) is 10.5 Å². The maximum atomic E-state index is 13.4. The van der Waals surface area contributed by atoms with Crippen LogP contribution in [0.3, 0.4) is 0 Å². The van der Waals surface area contributed by atoms with E-state index in [0.29, 0.717) is 0 Å². The largest absolute Gasteiger partial charge is 0.386 e. The van der Waals surface area contributed by atoms with Crippen molar-refractivity contribution in [3.05, 3.63) is 16.7 Å². The van der Waals surface area contributed by atoms with Crippen molar-refractivity contribution >= 4 is 35.6 Å². The lowest BCUT2D eigenvalue weighted by Crippen LogP contribution is -2.38. The first-order valence-corrected chi connectivity index (χ1v) is 9.33. The second kappa shape index (κ2) is 6.34. The number of hydrogen-bond acceptors (Lipinski definition) is 9. The van der Waals surface area contributed by atoms with Crippen LogP contribution in [0.2, 0.25) is 0 Å². The number of fused-ring (bicyclic) bond motifs is 1. The van der Waals surface area contributed by atoms with Crippen LogP contribution in [0.1, 0.15) is 6.23 Å². The molecule has 2 aromatic heterocycles. The molecule has 7 N–H and O–H groups in total. The fourth-order valence-corrected chi connectivity index (χ4v) is 3.40. The summed E-state index contributed by atoms with van der Waals surface area (Å²) in [6.07, 6.45) is -8.13. The minimum atomic E-state index is -4.30. The smallest absolute Gasteiger partial charge is 0.322 e. The van der Waals surface area contributed by atoms with Crippen LogP contribution in [-0.2, 0) is 21.1 Å². The minimum absolute atomic E-state index is 0.0783. The first-order chi connectivity index (χ1) is 11.6. The molecule has 0 amide bonds. The van der Waals surface area contributed by atoms with E-state index in [1.165, 1.54) is 0 Å². The van der Waals surface area contributed by atoms with Gasteiger partial charge in [0, 0.05) is 0 Å². The molecule has 3 rings (SSSR count). The molecule has 0 radical (unpaired) electrons. The number of anilines is 1. The van der Waals surface area contributed by atoms with Gasteiger partial charge in [-0.3, -0.25) is 18.9 Å². The van der Waals surface area contributed by atoms with Gasteiger partial charge in [0.15, 0.2) is 17.4 Å². The summed E-state index contributed by atoms with van der Waals surface area (Å²) in [5, 5.41) is 19.5. The number of nitrogens with two attached hydrogens (primary N) is 1. The fourth-order valence-electron chi connectivity index (χ4n) is 2.54. The standard InChI is InChI=1S/C10H13FN5O7PS/c11-6(18)5-4(23-24(20,21)25)3(17)9(22-5)16-1-13-2-7(16)14-10(12)15-8(2)19/h1,3-6,9,17-18H,(H2,20,21,25)(H3,12,14,15,19)/t3-,4+,5+,6?,9-/m1/s1. The van der Waals surface area contributed by atoms with E-state index in [2.05, 4.69) is 31.3 Å². The van der Waals surface area contributed by atoms with Gasteiger partial charge in [-0.1, -0.05) is 0 Å². The predicted octanol–water partition coefficient (Wildman–Crippen LogP) is -2.16. The first-order valence-electron chi connectivity index (χ1n) is 6.70. The molecule has 1 unspecified atom stereocenters. The van der Waals surface area contributed by atoms with Gasteiger partial charge in [-0.2, -0.15) is 4.98 Å². The molecule has 0 aliphatic carbocycles. The van der Waals surface area contributed by atoms with Gasteiger partial charge in [0.25, 0.3) is 5.56 Å². The van der Waals surface area contributed by atoms with E-state index >= 15 is 0 Å². The van der Waals surface area contributed by atoms with Crippen LogP contribution in [0.15, 0.2) is 11.1 Å². The number of alkyl halides is 1. The van der Waals surface area contributed by atoms with Gasteiger partial charge in [-0.25, -0.2) is 9.37 Å². The lowest BCUT2D eigenvalue weighted by atomic mass is 10.1. The zero-order valence-electron chi connectivity index (χ0n) is 12.1. The average Bonchev–Trinajstić information content (AvgIpc) is 3.00. The molecule has 15 heteroatoms. The number of imidazole rings is 1. The van der Waals surface area contributed by atoms with Crippen molar-refractivity contribution in [1.29, 1.82) is 0 Å². The highest BCUT2D eigenvalue weighted by atomic mass is 32.5. The monoisotopic (exact) mass is 397 g/mol. The maximum Gasteiger partial charge on any atom is 0.322 e. The van der Waals surface area contributed by atoms with Crippen LogP contribution < -0.4 is 11.3 Å². The van der Waals surface area contributed by atoms with Crippen molar-refractivity contribution in [2.24, 2.45) is 0 Å². The molecule has 5 atom stereocenters. The average molecular weight is 397 g/mol. The molecule has 0 spiro atoms. The zero-order chi connectivity index (χ0) is 18.5. The number of nitrogen functional groups attached to an aromatic ring is 1. The highest BCUT2D eigenvalue weighted by molar-refractivity contribution is 8.06. The van der Waals surface area contributed by atoms with Crippen molar-refractivity contribution in [2.45, 2.75) is 30.9 Å². The maximum absolute atomic E-state index is 13.4. The molecule has 0 aromatic carbocycles. The van der Waals surface area contributed by atoms with Crippen molar-refractivity contribution in [1.82, 2.24) is 19.5 Å². The Morgan fingerprint density at radius 2 is 2.24 bits per heavy atom. The Morgan fingerprint density at radius 1 is 1.56 bits per heavy atom. The molecule has 12 nitrogen and oxygen atoms in total. The van der Waals surface area contributed by atoms with Crippen molar-refractivity contribution in [3.63, 3.8) is 0 Å². The number of H-pyrrole nitrogens is 1. The van der Waals surface area contributed by atoms with Gasteiger partial charge >= 0.3 is 6.72 Å². The van der Waals surface area contributed by atoms with E-state index in [0.717, 1.165) is 10.9 Å². The molecular weight excluding hydrogens is 384 g/mol. The number of aromatic nitrogens is 4. The van der Waals surface area contributed by atoms with Crippen LogP contribution in [0, 0.1) is 0 Å². The summed E-state index contributed by atoms with van der Waals surface area (Å²) >= 11 is 4.30. The number of nitrogens with one attached hydrogen (secondary N) is 1. The van der Waals surface area contributed by atoms with E-state index in [-0.39, 0.29) is 17.1 Å². The third kappa shape index (κ3) is 3.43. The second-order valence-electron chi connectivity index (χ2n) is 5.19. The number of nitrogens with zero attached hydrogens (tertiary/aromatic N) is 3. The fraction of sp³-hybridized carbons (Fsp3) is 0.500. The SMILES string of the molecule is Nc1nc2c(ncn2[C@@H]2O[C@H](C(O)F)[C@@H](OP(O)(O)=S)[C@H]2O)c(=O)[nH]1. The number of aliphatic hydroxyl groups excluding tert-OH is 2. The summed E-state index contributed by atoms with van der Waals surface area (Å²) in [6, 6.07) is 0. The molecule has 1 aliphatic heterocycles. The van der Waals surface area contributed by atoms with Crippen LogP contribution in [0.5, 0.6) is 0 Å². The Morgan fingerprint density at radius 3 is 2.84 bits per heavy atom. The van der Waals surface area contributed by atoms with Gasteiger partial charge in [-0.05, 0) is 11.8 Å². The summed E-state index contributed by atoms with van der Waals surface area (Å²) in [5.74, 6) is -0.233. The Bertz CT molecular complexity index is 899. The van der Waals surface area contributed by atoms with Crippen molar-refractivity contribution in [2.75, 3.05) is 5.73 Å². The Balaban J connectivity index is 2.03. The van der Waals surface area contributed by atoms with Gasteiger partial charge in [0.05, 0.1) is 6.33 Å². The minimum Gasteiger partial charge on any atom is -0.386 e. The number of aromatic amines is 1. The summed E-state index contributed by atoms with van der Waals surface area (Å²) < 4.78 is 24.4. The summed E-state index contributed by atoms with van der Waals surface area (Å²) in [4.78, 5) is 40.2. The van der Waals surface area contributed by atoms with Crippen molar-refractivity contribution in [3.8, 4) is 0 Å². The molecular formula is C10H13FN5O7PS. The lowest BCUT2D eigenvalue weighted by molar-refractivity contribution is -0.128. The molecule has 25 heavy (non-hydrogen) atoms. The molecule has 0 bridgehead atoms. The van der Waals surface area contributed by atoms with Crippen molar-refractivity contribution < 1.29 is 33.7 Å². The highest BCUT2D eigenvalue weighted by Crippen LogP contribution is 2.45. The molecule has 1 fully saturated rings. The quantitative estimate of drug-likeness (QED) is 0.308. The van der Waals surface area contributed by atoms with Crippen LogP contribution >= 0.6 is 6.72 Å². The van der Waals surface area contributed by atoms with Crippen LogP contribution in [0.4, 0.5) is 10.3 Å². The van der Waals surface area contributed by atoms with Gasteiger partial charge in [0.1, 0.15) is 18.3 Å². The van der Waals surface area contributed by atoms with E-state index in [1.807, 2.05) is 0 Å². The Labute approximate surface area is 142 Å². The number of aliphatic hydroxyl groups is 2. The Hall–Kier alpha value is -1.51. The van der Waals surface area contributed by atoms with Gasteiger partial charge in [0.2, 0.25) is 12.3 Å². The number of halogens is 1. The lowest BCUT2D eigenvalue weighted by Gasteiger charge is -2.22. The first kappa shape index (κ1) is 18.3. The summed E-state index contributed by atoms with van der Waals surface area (Å²) in [6.45, 7) is -4.30. The molecule has 0 saturated carbocycles. The van der Waals surface area contributed by atoms with Crippen LogP contribution in [0.25, 0.3) is 11.2 Å². The molecule has 2 aromatic rings. The normalized spacial score (nSPS) is 28.5. The Kier molecular flexibility index (Phi) is 4.63. The molecule has 138 valence electrons. The third-order valence-corrected chi connectivity index (χ3v) is 4.28.